The lowest BCUT2D eigenvalue weighted by atomic mass is 9.81. The van der Waals surface area contributed by atoms with Gasteiger partial charge in [0.05, 0.1) is 14.2 Å². The lowest BCUT2D eigenvalue weighted by Crippen LogP contribution is -2.14. The molecule has 0 unspecified atom stereocenters. The summed E-state index contributed by atoms with van der Waals surface area (Å²) >= 11 is 3.79. The van der Waals surface area contributed by atoms with Crippen LogP contribution >= 0.6 is 23.5 Å². The minimum atomic E-state index is 0.407. The van der Waals surface area contributed by atoms with Gasteiger partial charge in [-0.25, -0.2) is 0 Å². The van der Waals surface area contributed by atoms with Crippen molar-refractivity contribution in [1.29, 1.82) is 0 Å². The van der Waals surface area contributed by atoms with E-state index < -0.39 is 0 Å². The Balaban J connectivity index is 1.77. The molecule has 0 fully saturated rings. The van der Waals surface area contributed by atoms with Crippen LogP contribution < -0.4 is 9.47 Å². The normalized spacial score (nSPS) is 16.8. The van der Waals surface area contributed by atoms with Crippen molar-refractivity contribution in [3.05, 3.63) is 89.5 Å². The average Bonchev–Trinajstić information content (AvgIpc) is 2.87. The minimum Gasteiger partial charge on any atom is -0.497 e. The van der Waals surface area contributed by atoms with Crippen LogP contribution in [0.2, 0.25) is 0 Å². The van der Waals surface area contributed by atoms with E-state index in [1.807, 2.05) is 23.5 Å². The summed E-state index contributed by atoms with van der Waals surface area (Å²) in [5, 5.41) is 2.61. The number of ether oxygens (including phenoxy) is 2. The van der Waals surface area contributed by atoms with Crippen LogP contribution in [-0.2, 0) is 0 Å². The fourth-order valence-electron chi connectivity index (χ4n) is 4.96. The summed E-state index contributed by atoms with van der Waals surface area (Å²) in [5.74, 6) is 3.24. The molecule has 0 bridgehead atoms. The van der Waals surface area contributed by atoms with Crippen molar-refractivity contribution in [1.82, 2.24) is 0 Å². The van der Waals surface area contributed by atoms with E-state index in [2.05, 4.69) is 79.7 Å². The molecule has 33 heavy (non-hydrogen) atoms. The van der Waals surface area contributed by atoms with Crippen LogP contribution in [0.25, 0.3) is 21.9 Å². The van der Waals surface area contributed by atoms with Crippen LogP contribution in [0.1, 0.15) is 23.6 Å². The molecule has 2 aliphatic rings. The van der Waals surface area contributed by atoms with Gasteiger partial charge in [-0.05, 0) is 75.9 Å². The molecular formula is C29H24O2S2. The maximum absolute atomic E-state index is 5.65. The van der Waals surface area contributed by atoms with Gasteiger partial charge in [-0.2, -0.15) is 0 Å². The van der Waals surface area contributed by atoms with Gasteiger partial charge in [-0.1, -0.05) is 49.0 Å². The largest absolute Gasteiger partial charge is 0.497 e. The van der Waals surface area contributed by atoms with Crippen molar-refractivity contribution in [3.63, 3.8) is 0 Å². The zero-order chi connectivity index (χ0) is 22.5. The van der Waals surface area contributed by atoms with E-state index >= 15 is 0 Å². The molecule has 0 spiro atoms. The maximum atomic E-state index is 5.65. The Labute approximate surface area is 203 Å². The van der Waals surface area contributed by atoms with Crippen LogP contribution in [0.5, 0.6) is 11.5 Å². The fourth-order valence-corrected chi connectivity index (χ4v) is 7.14. The number of fused-ring (bicyclic) bond motifs is 5. The molecule has 0 radical (unpaired) electrons. The SMILES string of the molecule is COc1ccc2c(c1)C(=C1c3c(ccc4ccccc34)SC[C@@H]1C)c1cc(OC)ccc1S2. The number of thioether (sulfide) groups is 1. The van der Waals surface area contributed by atoms with Gasteiger partial charge in [-0.3, -0.25) is 0 Å². The highest BCUT2D eigenvalue weighted by molar-refractivity contribution is 7.99. The molecular weight excluding hydrogens is 444 g/mol. The van der Waals surface area contributed by atoms with E-state index in [-0.39, 0.29) is 0 Å². The smallest absolute Gasteiger partial charge is 0.119 e. The lowest BCUT2D eigenvalue weighted by molar-refractivity contribution is 0.414. The maximum Gasteiger partial charge on any atom is 0.119 e. The fraction of sp³-hybridized carbons (Fsp3) is 0.172. The zero-order valence-corrected chi connectivity index (χ0v) is 20.5. The number of rotatable bonds is 2. The molecule has 0 aromatic heterocycles. The molecule has 0 saturated heterocycles. The molecule has 0 saturated carbocycles. The zero-order valence-electron chi connectivity index (χ0n) is 18.8. The minimum absolute atomic E-state index is 0.407. The third kappa shape index (κ3) is 3.35. The van der Waals surface area contributed by atoms with Crippen molar-refractivity contribution in [2.45, 2.75) is 21.6 Å². The highest BCUT2D eigenvalue weighted by Crippen LogP contribution is 2.54. The van der Waals surface area contributed by atoms with Crippen LogP contribution in [0, 0.1) is 5.92 Å². The number of hydrogen-bond acceptors (Lipinski definition) is 4. The van der Waals surface area contributed by atoms with Gasteiger partial charge >= 0.3 is 0 Å². The number of allylic oxidation sites excluding steroid dienone is 1. The Morgan fingerprint density at radius 2 is 1.39 bits per heavy atom. The monoisotopic (exact) mass is 468 g/mol. The second-order valence-corrected chi connectivity index (χ2v) is 10.6. The van der Waals surface area contributed by atoms with E-state index in [9.17, 15) is 0 Å². The molecule has 0 amide bonds. The van der Waals surface area contributed by atoms with Gasteiger partial charge in [0.15, 0.2) is 0 Å². The molecule has 4 heteroatoms. The summed E-state index contributed by atoms with van der Waals surface area (Å²) in [4.78, 5) is 3.90. The summed E-state index contributed by atoms with van der Waals surface area (Å²) in [6.07, 6.45) is 0. The number of methoxy groups -OCH3 is 2. The molecule has 4 aromatic carbocycles. The van der Waals surface area contributed by atoms with Gasteiger partial charge in [0.1, 0.15) is 11.5 Å². The van der Waals surface area contributed by atoms with E-state index in [0.29, 0.717) is 5.92 Å². The van der Waals surface area contributed by atoms with Gasteiger partial charge in [-0.15, -0.1) is 11.8 Å². The molecule has 164 valence electrons. The van der Waals surface area contributed by atoms with Gasteiger partial charge < -0.3 is 9.47 Å². The third-order valence-electron chi connectivity index (χ3n) is 6.54. The number of hydrogen-bond donors (Lipinski definition) is 0. The molecule has 0 aliphatic carbocycles. The molecule has 2 nitrogen and oxygen atoms in total. The Bertz CT molecular complexity index is 1380. The average molecular weight is 469 g/mol. The summed E-state index contributed by atoms with van der Waals surface area (Å²) < 4.78 is 11.3. The molecule has 1 atom stereocenters. The van der Waals surface area contributed by atoms with E-state index in [1.54, 1.807) is 14.2 Å². The first kappa shape index (κ1) is 20.8. The van der Waals surface area contributed by atoms with Crippen molar-refractivity contribution in [2.75, 3.05) is 20.0 Å². The highest BCUT2D eigenvalue weighted by Gasteiger charge is 2.31. The summed E-state index contributed by atoms with van der Waals surface area (Å²) in [6.45, 7) is 2.36. The van der Waals surface area contributed by atoms with Crippen LogP contribution in [0.4, 0.5) is 0 Å². The van der Waals surface area contributed by atoms with Crippen molar-refractivity contribution in [3.8, 4) is 11.5 Å². The molecule has 0 N–H and O–H groups in total. The van der Waals surface area contributed by atoms with Crippen molar-refractivity contribution >= 4 is 45.4 Å². The predicted molar refractivity (Wildman–Crippen MR) is 140 cm³/mol. The topological polar surface area (TPSA) is 18.5 Å². The Morgan fingerprint density at radius 3 is 2.06 bits per heavy atom. The highest BCUT2D eigenvalue weighted by atomic mass is 32.2. The molecule has 2 heterocycles. The summed E-state index contributed by atoms with van der Waals surface area (Å²) in [7, 11) is 3.48. The van der Waals surface area contributed by atoms with Crippen LogP contribution in [0.3, 0.4) is 0 Å². The second kappa shape index (κ2) is 8.19. The van der Waals surface area contributed by atoms with Gasteiger partial charge in [0.2, 0.25) is 0 Å². The van der Waals surface area contributed by atoms with Crippen LogP contribution in [0.15, 0.2) is 87.5 Å². The lowest BCUT2D eigenvalue weighted by Gasteiger charge is -2.32. The Morgan fingerprint density at radius 1 is 0.758 bits per heavy atom. The Kier molecular flexibility index (Phi) is 5.16. The quantitative estimate of drug-likeness (QED) is 0.261. The second-order valence-electron chi connectivity index (χ2n) is 8.49. The molecule has 6 rings (SSSR count). The van der Waals surface area contributed by atoms with Gasteiger partial charge in [0, 0.05) is 31.6 Å². The van der Waals surface area contributed by atoms with Crippen molar-refractivity contribution in [2.24, 2.45) is 5.92 Å². The van der Waals surface area contributed by atoms with E-state index in [1.165, 1.54) is 53.3 Å². The van der Waals surface area contributed by atoms with Gasteiger partial charge in [0.25, 0.3) is 0 Å². The first-order valence-electron chi connectivity index (χ1n) is 11.1. The molecule has 4 aromatic rings. The third-order valence-corrected chi connectivity index (χ3v) is 9.01. The molecule has 2 aliphatic heterocycles. The Hall–Kier alpha value is -2.82. The summed E-state index contributed by atoms with van der Waals surface area (Å²) in [5.41, 5.74) is 6.59. The van der Waals surface area contributed by atoms with E-state index in [0.717, 1.165) is 17.3 Å². The van der Waals surface area contributed by atoms with E-state index in [4.69, 9.17) is 9.47 Å². The number of benzene rings is 4. The first-order chi connectivity index (χ1) is 16.2. The summed E-state index contributed by atoms with van der Waals surface area (Å²) in [6, 6.07) is 26.2. The van der Waals surface area contributed by atoms with Crippen molar-refractivity contribution < 1.29 is 9.47 Å². The van der Waals surface area contributed by atoms with Crippen LogP contribution in [-0.4, -0.2) is 20.0 Å². The first-order valence-corrected chi connectivity index (χ1v) is 12.9. The standard InChI is InChI=1S/C29H24O2S2/c1-17-16-32-26-11-8-18-6-4-5-7-21(18)29(26)27(17)28-22-14-19(30-2)9-12-24(22)33-25-13-10-20(31-3)15-23(25)28/h4-15,17H,16H2,1-3H3/t17-/m0/s1. The predicted octanol–water partition coefficient (Wildman–Crippen LogP) is 8.02.